The van der Waals surface area contributed by atoms with E-state index in [0.29, 0.717) is 17.3 Å². The van der Waals surface area contributed by atoms with E-state index in [2.05, 4.69) is 29.5 Å². The summed E-state index contributed by atoms with van der Waals surface area (Å²) in [7, 11) is 5.18. The molecular formula is C23H40B2O2. The Morgan fingerprint density at radius 3 is 2.41 bits per heavy atom. The van der Waals surface area contributed by atoms with Crippen molar-refractivity contribution in [3.05, 3.63) is 0 Å². The molecule has 0 amide bonds. The summed E-state index contributed by atoms with van der Waals surface area (Å²) < 4.78 is 0. The van der Waals surface area contributed by atoms with Gasteiger partial charge in [0.1, 0.15) is 15.7 Å². The summed E-state index contributed by atoms with van der Waals surface area (Å²) in [6.07, 6.45) is 13.8. The molecule has 4 aliphatic carbocycles. The van der Waals surface area contributed by atoms with Crippen LogP contribution in [0.4, 0.5) is 0 Å². The van der Waals surface area contributed by atoms with E-state index in [1.54, 1.807) is 0 Å². The van der Waals surface area contributed by atoms with Crippen molar-refractivity contribution in [1.29, 1.82) is 0 Å². The number of fused-ring (bicyclic) bond motifs is 5. The normalized spacial score (nSPS) is 51.9. The second-order valence-corrected chi connectivity index (χ2v) is 11.5. The molecule has 0 saturated heterocycles. The van der Waals surface area contributed by atoms with Crippen LogP contribution in [0.5, 0.6) is 0 Å². The molecule has 1 N–H and O–H groups in total. The molecule has 4 aliphatic rings. The largest absolute Gasteiger partial charge is 0.481 e. The lowest BCUT2D eigenvalue weighted by molar-refractivity contribution is -0.137. The van der Waals surface area contributed by atoms with Crippen LogP contribution in [0.2, 0.25) is 11.6 Å². The molecule has 0 aromatic heterocycles. The van der Waals surface area contributed by atoms with Gasteiger partial charge in [-0.05, 0) is 85.4 Å². The van der Waals surface area contributed by atoms with E-state index in [9.17, 15) is 4.79 Å². The highest BCUT2D eigenvalue weighted by Crippen LogP contribution is 2.71. The zero-order chi connectivity index (χ0) is 19.4. The molecule has 0 radical (unpaired) electrons. The second kappa shape index (κ2) is 7.13. The summed E-state index contributed by atoms with van der Waals surface area (Å²) in [5.74, 6) is 5.61. The maximum absolute atomic E-state index is 11.0. The Hall–Kier alpha value is -0.400. The van der Waals surface area contributed by atoms with E-state index in [1.807, 2.05) is 0 Å². The molecular weight excluding hydrogens is 330 g/mol. The van der Waals surface area contributed by atoms with Crippen LogP contribution in [0.3, 0.4) is 0 Å². The van der Waals surface area contributed by atoms with Gasteiger partial charge < -0.3 is 5.11 Å². The number of hydrogen-bond donors (Lipinski definition) is 1. The topological polar surface area (TPSA) is 37.3 Å². The first kappa shape index (κ1) is 19.9. The summed E-state index contributed by atoms with van der Waals surface area (Å²) in [6, 6.07) is 0. The number of aliphatic carboxylic acids is 1. The van der Waals surface area contributed by atoms with Crippen molar-refractivity contribution in [1.82, 2.24) is 0 Å². The lowest BCUT2D eigenvalue weighted by Crippen LogP contribution is -2.56. The van der Waals surface area contributed by atoms with Gasteiger partial charge in [-0.2, -0.15) is 0 Å². The van der Waals surface area contributed by atoms with Crippen LogP contribution in [-0.2, 0) is 4.79 Å². The van der Waals surface area contributed by atoms with Gasteiger partial charge >= 0.3 is 5.97 Å². The summed E-state index contributed by atoms with van der Waals surface area (Å²) in [5.41, 5.74) is 1.07. The van der Waals surface area contributed by atoms with Crippen LogP contribution in [0.25, 0.3) is 0 Å². The molecule has 9 atom stereocenters. The van der Waals surface area contributed by atoms with Crippen LogP contribution in [0, 0.1) is 40.4 Å². The molecule has 9 unspecified atom stereocenters. The smallest absolute Gasteiger partial charge is 0.303 e. The van der Waals surface area contributed by atoms with Gasteiger partial charge in [-0.3, -0.25) is 4.79 Å². The molecule has 0 bridgehead atoms. The maximum atomic E-state index is 11.0. The molecule has 0 aliphatic heterocycles. The third kappa shape index (κ3) is 3.03. The molecule has 4 heteroatoms. The van der Waals surface area contributed by atoms with Gasteiger partial charge in [0.2, 0.25) is 0 Å². The van der Waals surface area contributed by atoms with Crippen LogP contribution < -0.4 is 0 Å². The minimum atomic E-state index is -0.621. The van der Waals surface area contributed by atoms with E-state index < -0.39 is 5.97 Å². The van der Waals surface area contributed by atoms with Crippen LogP contribution >= 0.6 is 0 Å². The Bertz CT molecular complexity index is 581. The number of hydrogen-bond acceptors (Lipinski definition) is 1. The van der Waals surface area contributed by atoms with Gasteiger partial charge in [-0.15, -0.1) is 0 Å². The molecule has 0 heterocycles. The van der Waals surface area contributed by atoms with Gasteiger partial charge in [0.25, 0.3) is 0 Å². The summed E-state index contributed by atoms with van der Waals surface area (Å²) in [4.78, 5) is 11.0. The van der Waals surface area contributed by atoms with Crippen molar-refractivity contribution in [3.8, 4) is 0 Å². The fourth-order valence-corrected chi connectivity index (χ4v) is 9.21. The second-order valence-electron chi connectivity index (χ2n) is 11.5. The zero-order valence-corrected chi connectivity index (χ0v) is 18.2. The Balaban J connectivity index is 1.57. The van der Waals surface area contributed by atoms with Crippen molar-refractivity contribution in [3.63, 3.8) is 0 Å². The number of rotatable bonds is 4. The first-order valence-corrected chi connectivity index (χ1v) is 12.0. The van der Waals surface area contributed by atoms with Crippen molar-refractivity contribution in [2.75, 3.05) is 0 Å². The highest BCUT2D eigenvalue weighted by atomic mass is 16.4. The molecule has 27 heavy (non-hydrogen) atoms. The highest BCUT2D eigenvalue weighted by Gasteiger charge is 2.62. The minimum absolute atomic E-state index is 0.358. The number of carboxylic acid groups (broad SMARTS) is 1. The van der Waals surface area contributed by atoms with Gasteiger partial charge in [-0.1, -0.05) is 44.7 Å². The van der Waals surface area contributed by atoms with Crippen LogP contribution in [0.1, 0.15) is 84.5 Å². The molecule has 0 aromatic rings. The first-order chi connectivity index (χ1) is 12.8. The van der Waals surface area contributed by atoms with Gasteiger partial charge in [0, 0.05) is 6.42 Å². The molecule has 0 spiro atoms. The maximum Gasteiger partial charge on any atom is 0.303 e. The quantitative estimate of drug-likeness (QED) is 0.747. The summed E-state index contributed by atoms with van der Waals surface area (Å²) in [6.45, 7) is 5.28. The molecule has 150 valence electrons. The van der Waals surface area contributed by atoms with Crippen molar-refractivity contribution < 1.29 is 9.90 Å². The van der Waals surface area contributed by atoms with Crippen LogP contribution in [-0.4, -0.2) is 26.8 Å². The van der Waals surface area contributed by atoms with Gasteiger partial charge in [0.05, 0.1) is 0 Å². The standard InChI is InChI=1S/C23H40B2O2/c1-22-13-11-16-19(15(22)10-9-14(22)6-5-8-18(26)27)21(25)20(24)17-7-3-4-12-23(16,17)2/h14-17,19-21H,3-13,24-25H2,1-2H3,(H,26,27). The minimum Gasteiger partial charge on any atom is -0.481 e. The molecule has 4 fully saturated rings. The molecule has 4 rings (SSSR count). The Morgan fingerprint density at radius 2 is 1.67 bits per heavy atom. The third-order valence-electron chi connectivity index (χ3n) is 10.7. The average molecular weight is 370 g/mol. The van der Waals surface area contributed by atoms with E-state index in [0.717, 1.165) is 54.1 Å². The monoisotopic (exact) mass is 370 g/mol. The fourth-order valence-electron chi connectivity index (χ4n) is 9.21. The SMILES string of the molecule is BC1C(B)C2CCCCC2(C)C2CCC3(C)C(CCCC(=O)O)CCC3C12. The fraction of sp³-hybridized carbons (Fsp3) is 0.957. The molecule has 2 nitrogen and oxygen atoms in total. The zero-order valence-electron chi connectivity index (χ0n) is 18.2. The lowest BCUT2D eigenvalue weighted by Gasteiger charge is -2.65. The number of carboxylic acids is 1. The van der Waals surface area contributed by atoms with Crippen molar-refractivity contribution in [2.24, 2.45) is 40.4 Å². The predicted octanol–water partition coefficient (Wildman–Crippen LogP) is 4.35. The van der Waals surface area contributed by atoms with Gasteiger partial charge in [0.15, 0.2) is 0 Å². The average Bonchev–Trinajstić information content (AvgIpc) is 2.95. The lowest BCUT2D eigenvalue weighted by atomic mass is 9.35. The summed E-state index contributed by atoms with van der Waals surface area (Å²) >= 11 is 0. The molecule has 4 saturated carbocycles. The van der Waals surface area contributed by atoms with E-state index in [4.69, 9.17) is 5.11 Å². The van der Waals surface area contributed by atoms with E-state index in [-0.39, 0.29) is 0 Å². The summed E-state index contributed by atoms with van der Waals surface area (Å²) in [5, 5.41) is 9.04. The van der Waals surface area contributed by atoms with Crippen molar-refractivity contribution >= 4 is 21.7 Å². The third-order valence-corrected chi connectivity index (χ3v) is 10.7. The van der Waals surface area contributed by atoms with Crippen LogP contribution in [0.15, 0.2) is 0 Å². The van der Waals surface area contributed by atoms with E-state index >= 15 is 0 Å². The predicted molar refractivity (Wildman–Crippen MR) is 117 cm³/mol. The highest BCUT2D eigenvalue weighted by molar-refractivity contribution is 6.21. The number of carbonyl (C=O) groups is 1. The molecule has 0 aromatic carbocycles. The van der Waals surface area contributed by atoms with E-state index in [1.165, 1.54) is 51.4 Å². The Morgan fingerprint density at radius 1 is 0.926 bits per heavy atom. The van der Waals surface area contributed by atoms with Gasteiger partial charge in [-0.25, -0.2) is 0 Å². The van der Waals surface area contributed by atoms with Crippen molar-refractivity contribution in [2.45, 2.75) is 96.1 Å². The first-order valence-electron chi connectivity index (χ1n) is 12.0. The Kier molecular flexibility index (Phi) is 5.26. The Labute approximate surface area is 168 Å².